The molecule has 0 aliphatic rings. The van der Waals surface area contributed by atoms with Gasteiger partial charge in [0.2, 0.25) is 5.82 Å². The summed E-state index contributed by atoms with van der Waals surface area (Å²) in [6.45, 7) is 4.31. The minimum atomic E-state index is -0.879. The van der Waals surface area contributed by atoms with Crippen molar-refractivity contribution in [3.63, 3.8) is 0 Å². The van der Waals surface area contributed by atoms with E-state index in [4.69, 9.17) is 5.11 Å². The third-order valence-corrected chi connectivity index (χ3v) is 2.54. The number of hydrogen-bond acceptors (Lipinski definition) is 5. The molecule has 1 heterocycles. The molecule has 0 aliphatic heterocycles. The van der Waals surface area contributed by atoms with Gasteiger partial charge in [-0.25, -0.2) is 9.89 Å². The Hall–Kier alpha value is -2.12. The fraction of sp³-hybridized carbons (Fsp3) is 0.636. The van der Waals surface area contributed by atoms with Gasteiger partial charge >= 0.3 is 11.7 Å². The minimum Gasteiger partial charge on any atom is -0.481 e. The summed E-state index contributed by atoms with van der Waals surface area (Å²) in [5.41, 5.74) is -1.30. The smallest absolute Gasteiger partial charge is 0.342 e. The summed E-state index contributed by atoms with van der Waals surface area (Å²) in [4.78, 5) is 35.0. The first-order chi connectivity index (χ1) is 8.88. The second kappa shape index (κ2) is 6.72. The molecule has 1 unspecified atom stereocenters. The first-order valence-corrected chi connectivity index (χ1v) is 6.03. The highest BCUT2D eigenvalue weighted by molar-refractivity contribution is 5.67. The Labute approximate surface area is 109 Å². The maximum absolute atomic E-state index is 11.4. The van der Waals surface area contributed by atoms with Crippen molar-refractivity contribution >= 4 is 11.8 Å². The molecule has 106 valence electrons. The number of aromatic amines is 2. The number of rotatable bonds is 7. The van der Waals surface area contributed by atoms with Crippen LogP contribution >= 0.6 is 0 Å². The molecule has 8 heteroatoms. The maximum Gasteiger partial charge on any atom is 0.342 e. The van der Waals surface area contributed by atoms with Crippen molar-refractivity contribution in [2.24, 2.45) is 11.8 Å². The maximum atomic E-state index is 11.4. The molecule has 1 aromatic rings. The molecule has 0 fully saturated rings. The summed E-state index contributed by atoms with van der Waals surface area (Å²) >= 11 is 0. The second-order valence-electron chi connectivity index (χ2n) is 4.83. The normalized spacial score (nSPS) is 12.4. The lowest BCUT2D eigenvalue weighted by Gasteiger charge is -2.17. The topological polar surface area (TPSA) is 128 Å². The molecule has 0 amide bonds. The van der Waals surface area contributed by atoms with Gasteiger partial charge in [-0.2, -0.15) is 0 Å². The van der Waals surface area contributed by atoms with Crippen LogP contribution in [0.25, 0.3) is 0 Å². The lowest BCUT2D eigenvalue weighted by molar-refractivity contribution is -0.138. The van der Waals surface area contributed by atoms with Crippen molar-refractivity contribution in [2.45, 2.75) is 26.7 Å². The molecule has 19 heavy (non-hydrogen) atoms. The van der Waals surface area contributed by atoms with E-state index in [0.29, 0.717) is 12.5 Å². The number of anilines is 1. The summed E-state index contributed by atoms with van der Waals surface area (Å²) in [6.07, 6.45) is 0.743. The number of nitrogens with zero attached hydrogens (tertiary/aromatic N) is 1. The first kappa shape index (κ1) is 14.9. The van der Waals surface area contributed by atoms with Gasteiger partial charge in [-0.15, -0.1) is 5.10 Å². The average Bonchev–Trinajstić information content (AvgIpc) is 2.25. The van der Waals surface area contributed by atoms with E-state index in [-0.39, 0.29) is 18.2 Å². The molecule has 0 aliphatic carbocycles. The van der Waals surface area contributed by atoms with Crippen LogP contribution in [0.1, 0.15) is 26.7 Å². The van der Waals surface area contributed by atoms with E-state index in [2.05, 4.69) is 15.5 Å². The second-order valence-corrected chi connectivity index (χ2v) is 4.83. The van der Waals surface area contributed by atoms with E-state index in [1.165, 1.54) is 0 Å². The van der Waals surface area contributed by atoms with Crippen LogP contribution in [0.4, 0.5) is 5.82 Å². The van der Waals surface area contributed by atoms with Gasteiger partial charge < -0.3 is 10.4 Å². The van der Waals surface area contributed by atoms with Crippen LogP contribution in [-0.4, -0.2) is 32.8 Å². The standard InChI is InChI=1S/C11H18N4O4/c1-6(2)3-7(4-8(16)17)5-12-9-10(18)13-11(19)15-14-9/h6-7H,3-5H2,1-2H3,(H,12,14)(H,16,17)(H2,13,15,18,19). The number of nitrogens with one attached hydrogen (secondary N) is 3. The molecule has 0 bridgehead atoms. The van der Waals surface area contributed by atoms with Crippen molar-refractivity contribution in [1.82, 2.24) is 15.2 Å². The lowest BCUT2D eigenvalue weighted by Crippen LogP contribution is -2.29. The molecular formula is C11H18N4O4. The van der Waals surface area contributed by atoms with Crippen LogP contribution < -0.4 is 16.6 Å². The van der Waals surface area contributed by atoms with Crippen molar-refractivity contribution in [3.05, 3.63) is 20.8 Å². The summed E-state index contributed by atoms with van der Waals surface area (Å²) in [5, 5.41) is 17.3. The number of H-pyrrole nitrogens is 2. The molecule has 8 nitrogen and oxygen atoms in total. The van der Waals surface area contributed by atoms with Gasteiger partial charge in [-0.3, -0.25) is 14.6 Å². The summed E-state index contributed by atoms with van der Waals surface area (Å²) in [6, 6.07) is 0. The molecule has 1 atom stereocenters. The van der Waals surface area contributed by atoms with E-state index in [0.717, 1.165) is 6.42 Å². The number of carboxylic acids is 1. The Morgan fingerprint density at radius 1 is 1.42 bits per heavy atom. The fourth-order valence-electron chi connectivity index (χ4n) is 1.86. The summed E-state index contributed by atoms with van der Waals surface area (Å²) < 4.78 is 0. The van der Waals surface area contributed by atoms with Gasteiger partial charge in [0, 0.05) is 13.0 Å². The third-order valence-electron chi connectivity index (χ3n) is 2.54. The van der Waals surface area contributed by atoms with Crippen LogP contribution in [0.2, 0.25) is 0 Å². The highest BCUT2D eigenvalue weighted by Gasteiger charge is 2.15. The minimum absolute atomic E-state index is 0.0151. The SMILES string of the molecule is CC(C)CC(CNc1n[nH]c(=O)[nH]c1=O)CC(=O)O. The Morgan fingerprint density at radius 2 is 2.11 bits per heavy atom. The van der Waals surface area contributed by atoms with Crippen LogP contribution in [0.3, 0.4) is 0 Å². The molecule has 0 saturated heterocycles. The van der Waals surface area contributed by atoms with Gasteiger partial charge in [-0.05, 0) is 18.3 Å². The Kier molecular flexibility index (Phi) is 5.28. The molecule has 0 radical (unpaired) electrons. The predicted octanol–water partition coefficient (Wildman–Crippen LogP) is 0.00710. The molecule has 0 spiro atoms. The van der Waals surface area contributed by atoms with E-state index < -0.39 is 17.2 Å². The third kappa shape index (κ3) is 5.36. The van der Waals surface area contributed by atoms with Crippen molar-refractivity contribution in [1.29, 1.82) is 0 Å². The molecule has 0 aromatic carbocycles. The predicted molar refractivity (Wildman–Crippen MR) is 69.2 cm³/mol. The van der Waals surface area contributed by atoms with E-state index in [1.807, 2.05) is 18.8 Å². The van der Waals surface area contributed by atoms with E-state index in [9.17, 15) is 14.4 Å². The van der Waals surface area contributed by atoms with Crippen LogP contribution in [0.15, 0.2) is 9.59 Å². The highest BCUT2D eigenvalue weighted by Crippen LogP contribution is 2.15. The average molecular weight is 270 g/mol. The Bertz CT molecular complexity index is 534. The van der Waals surface area contributed by atoms with Crippen molar-refractivity contribution in [3.8, 4) is 0 Å². The van der Waals surface area contributed by atoms with E-state index >= 15 is 0 Å². The van der Waals surface area contributed by atoms with Gasteiger partial charge in [0.05, 0.1) is 0 Å². The number of carbonyl (C=O) groups is 1. The zero-order valence-electron chi connectivity index (χ0n) is 10.9. The molecular weight excluding hydrogens is 252 g/mol. The Morgan fingerprint density at radius 3 is 2.63 bits per heavy atom. The van der Waals surface area contributed by atoms with E-state index in [1.54, 1.807) is 0 Å². The molecule has 1 rings (SSSR count). The van der Waals surface area contributed by atoms with Crippen molar-refractivity contribution in [2.75, 3.05) is 11.9 Å². The zero-order chi connectivity index (χ0) is 14.4. The highest BCUT2D eigenvalue weighted by atomic mass is 16.4. The first-order valence-electron chi connectivity index (χ1n) is 6.03. The van der Waals surface area contributed by atoms with Gasteiger partial charge in [0.25, 0.3) is 5.56 Å². The molecule has 1 aromatic heterocycles. The van der Waals surface area contributed by atoms with Gasteiger partial charge in [0.1, 0.15) is 0 Å². The van der Waals surface area contributed by atoms with Gasteiger partial charge in [0.15, 0.2) is 0 Å². The molecule has 4 N–H and O–H groups in total. The fourth-order valence-corrected chi connectivity index (χ4v) is 1.86. The van der Waals surface area contributed by atoms with Gasteiger partial charge in [-0.1, -0.05) is 13.8 Å². The lowest BCUT2D eigenvalue weighted by atomic mass is 9.94. The summed E-state index contributed by atoms with van der Waals surface area (Å²) in [5.74, 6) is -0.645. The Balaban J connectivity index is 2.67. The van der Waals surface area contributed by atoms with Crippen LogP contribution in [-0.2, 0) is 4.79 Å². The summed E-state index contributed by atoms with van der Waals surface area (Å²) in [7, 11) is 0. The van der Waals surface area contributed by atoms with Crippen LogP contribution in [0.5, 0.6) is 0 Å². The quantitative estimate of drug-likeness (QED) is 0.552. The number of carboxylic acid groups (broad SMARTS) is 1. The number of aromatic nitrogens is 3. The monoisotopic (exact) mass is 270 g/mol. The largest absolute Gasteiger partial charge is 0.481 e. The van der Waals surface area contributed by atoms with Crippen LogP contribution in [0, 0.1) is 11.8 Å². The number of hydrogen-bond donors (Lipinski definition) is 4. The zero-order valence-corrected chi connectivity index (χ0v) is 10.9. The molecule has 0 saturated carbocycles. The number of aliphatic carboxylic acids is 1. The van der Waals surface area contributed by atoms with Crippen molar-refractivity contribution < 1.29 is 9.90 Å².